The van der Waals surface area contributed by atoms with E-state index in [-0.39, 0.29) is 23.7 Å². The number of nitrogens with zero attached hydrogens (tertiary/aromatic N) is 1. The van der Waals surface area contributed by atoms with Crippen LogP contribution in [-0.2, 0) is 9.59 Å². The van der Waals surface area contributed by atoms with Gasteiger partial charge in [0.15, 0.2) is 0 Å². The van der Waals surface area contributed by atoms with E-state index in [4.69, 9.17) is 0 Å². The Bertz CT molecular complexity index is 589. The molecule has 0 spiro atoms. The lowest BCUT2D eigenvalue weighted by molar-refractivity contribution is -0.129. The Balaban J connectivity index is 1.96. The van der Waals surface area contributed by atoms with E-state index in [9.17, 15) is 9.59 Å². The highest BCUT2D eigenvalue weighted by atomic mass is 16.2. The van der Waals surface area contributed by atoms with E-state index in [0.29, 0.717) is 13.1 Å². The molecule has 0 unspecified atom stereocenters. The molecule has 2 amide bonds. The first-order valence-electron chi connectivity index (χ1n) is 8.83. The number of aryl methyl sites for hydroxylation is 1. The van der Waals surface area contributed by atoms with Crippen molar-refractivity contribution in [2.24, 2.45) is 11.8 Å². The van der Waals surface area contributed by atoms with Crippen LogP contribution >= 0.6 is 0 Å². The molecule has 1 aromatic carbocycles. The van der Waals surface area contributed by atoms with Crippen molar-refractivity contribution in [3.8, 4) is 0 Å². The summed E-state index contributed by atoms with van der Waals surface area (Å²) in [6, 6.07) is 8.06. The van der Waals surface area contributed by atoms with Gasteiger partial charge in [-0.15, -0.1) is 6.58 Å². The van der Waals surface area contributed by atoms with Crippen molar-refractivity contribution in [2.75, 3.05) is 18.0 Å². The van der Waals surface area contributed by atoms with Gasteiger partial charge in [-0.1, -0.05) is 18.2 Å². The highest BCUT2D eigenvalue weighted by Crippen LogP contribution is 2.31. The Morgan fingerprint density at radius 1 is 1.25 bits per heavy atom. The Labute approximate surface area is 144 Å². The summed E-state index contributed by atoms with van der Waals surface area (Å²) in [4.78, 5) is 26.8. The second kappa shape index (κ2) is 8.67. The van der Waals surface area contributed by atoms with Gasteiger partial charge in [0.2, 0.25) is 11.8 Å². The predicted molar refractivity (Wildman–Crippen MR) is 97.9 cm³/mol. The van der Waals surface area contributed by atoms with Crippen LogP contribution in [0.25, 0.3) is 0 Å². The van der Waals surface area contributed by atoms with Crippen molar-refractivity contribution >= 4 is 17.5 Å². The van der Waals surface area contributed by atoms with E-state index in [1.54, 1.807) is 6.08 Å². The average molecular weight is 328 g/mol. The number of carbonyl (C=O) groups excluding carboxylic acids is 2. The lowest BCUT2D eigenvalue weighted by Crippen LogP contribution is -2.40. The van der Waals surface area contributed by atoms with Crippen molar-refractivity contribution in [1.82, 2.24) is 5.32 Å². The minimum atomic E-state index is 0.0221. The number of rotatable bonds is 6. The van der Waals surface area contributed by atoms with E-state index in [1.807, 2.05) is 36.9 Å². The van der Waals surface area contributed by atoms with Crippen LogP contribution in [0.5, 0.6) is 0 Å². The van der Waals surface area contributed by atoms with Gasteiger partial charge < -0.3 is 10.2 Å². The molecular formula is C20H28N2O2. The first-order chi connectivity index (χ1) is 11.6. The smallest absolute Gasteiger partial charge is 0.230 e. The molecule has 1 fully saturated rings. The molecular weight excluding hydrogens is 300 g/mol. The maximum Gasteiger partial charge on any atom is 0.230 e. The third-order valence-electron chi connectivity index (χ3n) is 4.76. The summed E-state index contributed by atoms with van der Waals surface area (Å²) >= 11 is 0. The zero-order chi connectivity index (χ0) is 17.5. The largest absolute Gasteiger partial charge is 0.352 e. The van der Waals surface area contributed by atoms with Crippen LogP contribution in [0.1, 0.15) is 38.2 Å². The van der Waals surface area contributed by atoms with E-state index >= 15 is 0 Å². The van der Waals surface area contributed by atoms with E-state index in [1.165, 1.54) is 0 Å². The summed E-state index contributed by atoms with van der Waals surface area (Å²) < 4.78 is 0. The van der Waals surface area contributed by atoms with Crippen LogP contribution in [0, 0.1) is 18.8 Å². The molecule has 0 radical (unpaired) electrons. The Morgan fingerprint density at radius 2 is 1.92 bits per heavy atom. The third kappa shape index (κ3) is 4.47. The van der Waals surface area contributed by atoms with Crippen LogP contribution < -0.4 is 10.2 Å². The van der Waals surface area contributed by atoms with Gasteiger partial charge in [0.1, 0.15) is 0 Å². The second-order valence-corrected chi connectivity index (χ2v) is 6.50. The number of hydrogen-bond acceptors (Lipinski definition) is 2. The zero-order valence-electron chi connectivity index (χ0n) is 14.8. The summed E-state index contributed by atoms with van der Waals surface area (Å²) in [7, 11) is 0. The molecule has 0 bridgehead atoms. The molecule has 0 saturated heterocycles. The summed E-state index contributed by atoms with van der Waals surface area (Å²) in [5.41, 5.74) is 2.12. The van der Waals surface area contributed by atoms with Crippen molar-refractivity contribution in [3.63, 3.8) is 0 Å². The molecule has 130 valence electrons. The van der Waals surface area contributed by atoms with E-state index in [2.05, 4.69) is 18.0 Å². The average Bonchev–Trinajstić information content (AvgIpc) is 2.60. The summed E-state index contributed by atoms with van der Waals surface area (Å²) in [6.07, 6.45) is 4.82. The minimum Gasteiger partial charge on any atom is -0.352 e. The lowest BCUT2D eigenvalue weighted by atomic mass is 9.81. The molecule has 0 heterocycles. The van der Waals surface area contributed by atoms with Gasteiger partial charge in [-0.05, 0) is 57.2 Å². The lowest BCUT2D eigenvalue weighted by Gasteiger charge is -2.31. The molecule has 1 N–H and O–H groups in total. The second-order valence-electron chi connectivity index (χ2n) is 6.50. The van der Waals surface area contributed by atoms with Gasteiger partial charge in [-0.2, -0.15) is 0 Å². The first kappa shape index (κ1) is 18.2. The molecule has 1 aliphatic rings. The van der Waals surface area contributed by atoms with Crippen molar-refractivity contribution in [1.29, 1.82) is 0 Å². The maximum atomic E-state index is 12.9. The molecule has 1 aliphatic carbocycles. The molecule has 4 heteroatoms. The van der Waals surface area contributed by atoms with Crippen LogP contribution in [0.3, 0.4) is 0 Å². The Kier molecular flexibility index (Phi) is 6.59. The highest BCUT2D eigenvalue weighted by molar-refractivity contribution is 5.95. The number of hydrogen-bond donors (Lipinski definition) is 1. The first-order valence-corrected chi connectivity index (χ1v) is 8.83. The number of benzene rings is 1. The zero-order valence-corrected chi connectivity index (χ0v) is 14.8. The van der Waals surface area contributed by atoms with Gasteiger partial charge in [-0.25, -0.2) is 0 Å². The normalized spacial score (nSPS) is 20.2. The molecule has 24 heavy (non-hydrogen) atoms. The van der Waals surface area contributed by atoms with Crippen LogP contribution in [0.2, 0.25) is 0 Å². The Morgan fingerprint density at radius 3 is 2.50 bits per heavy atom. The number of anilines is 1. The molecule has 0 atom stereocenters. The van der Waals surface area contributed by atoms with Crippen LogP contribution in [0.4, 0.5) is 5.69 Å². The van der Waals surface area contributed by atoms with Crippen molar-refractivity contribution in [3.05, 3.63) is 42.5 Å². The predicted octanol–water partition coefficient (Wildman–Crippen LogP) is 3.46. The number of carbonyl (C=O) groups is 2. The fourth-order valence-electron chi connectivity index (χ4n) is 3.40. The molecule has 2 rings (SSSR count). The fourth-order valence-corrected chi connectivity index (χ4v) is 3.40. The van der Waals surface area contributed by atoms with Gasteiger partial charge in [0.05, 0.1) is 0 Å². The highest BCUT2D eigenvalue weighted by Gasteiger charge is 2.32. The monoisotopic (exact) mass is 328 g/mol. The molecule has 0 aliphatic heterocycles. The standard InChI is InChI=1S/C20H28N2O2/c1-4-13-21-19(23)16-9-11-17(12-10-16)20(24)22(5-2)18-8-6-7-15(3)14-18/h4,6-8,14,16-17H,1,5,9-13H2,2-3H3,(H,21,23). The van der Waals surface area contributed by atoms with Gasteiger partial charge in [0, 0.05) is 30.6 Å². The SMILES string of the molecule is C=CCNC(=O)C1CCC(C(=O)N(CC)c2cccc(C)c2)CC1. The van der Waals surface area contributed by atoms with E-state index < -0.39 is 0 Å². The van der Waals surface area contributed by atoms with Crippen molar-refractivity contribution in [2.45, 2.75) is 39.5 Å². The summed E-state index contributed by atoms with van der Waals surface area (Å²) in [5, 5.41) is 2.86. The maximum absolute atomic E-state index is 12.9. The number of amides is 2. The van der Waals surface area contributed by atoms with Crippen molar-refractivity contribution < 1.29 is 9.59 Å². The van der Waals surface area contributed by atoms with Gasteiger partial charge in [-0.3, -0.25) is 9.59 Å². The van der Waals surface area contributed by atoms with E-state index in [0.717, 1.165) is 36.9 Å². The summed E-state index contributed by atoms with van der Waals surface area (Å²) in [5.74, 6) is 0.330. The number of nitrogens with one attached hydrogen (secondary N) is 1. The molecule has 1 saturated carbocycles. The Hall–Kier alpha value is -2.10. The quantitative estimate of drug-likeness (QED) is 0.813. The fraction of sp³-hybridized carbons (Fsp3) is 0.500. The van der Waals surface area contributed by atoms with Gasteiger partial charge in [0.25, 0.3) is 0 Å². The molecule has 1 aromatic rings. The third-order valence-corrected chi connectivity index (χ3v) is 4.76. The van der Waals surface area contributed by atoms with Gasteiger partial charge >= 0.3 is 0 Å². The van der Waals surface area contributed by atoms with Crippen LogP contribution in [-0.4, -0.2) is 24.9 Å². The molecule has 4 nitrogen and oxygen atoms in total. The summed E-state index contributed by atoms with van der Waals surface area (Å²) in [6.45, 7) is 8.83. The minimum absolute atomic E-state index is 0.0221. The molecule has 0 aromatic heterocycles. The van der Waals surface area contributed by atoms with Crippen LogP contribution in [0.15, 0.2) is 36.9 Å². The topological polar surface area (TPSA) is 49.4 Å².